The Bertz CT molecular complexity index is 1310. The zero-order chi connectivity index (χ0) is 24.0. The van der Waals surface area contributed by atoms with Crippen LogP contribution < -0.4 is 9.64 Å². The van der Waals surface area contributed by atoms with Crippen molar-refractivity contribution in [1.82, 2.24) is 30.1 Å². The quantitative estimate of drug-likeness (QED) is 0.369. The molecule has 0 N–H and O–H groups in total. The lowest BCUT2D eigenvalue weighted by Gasteiger charge is -2.34. The second-order valence-electron chi connectivity index (χ2n) is 8.06. The summed E-state index contributed by atoms with van der Waals surface area (Å²) in [6.07, 6.45) is 3.42. The molecule has 1 aliphatic heterocycles. The largest absolute Gasteiger partial charge is 0.487 e. The number of carbonyl (C=O) groups is 1. The van der Waals surface area contributed by atoms with Crippen LogP contribution in [0, 0.1) is 6.92 Å². The third-order valence-electron chi connectivity index (χ3n) is 5.69. The van der Waals surface area contributed by atoms with Crippen molar-refractivity contribution in [2.75, 3.05) is 31.1 Å². The van der Waals surface area contributed by atoms with Gasteiger partial charge >= 0.3 is 0 Å². The monoisotopic (exact) mass is 487 g/mol. The first kappa shape index (κ1) is 22.7. The van der Waals surface area contributed by atoms with Gasteiger partial charge in [0.2, 0.25) is 11.9 Å². The number of anilines is 1. The second-order valence-corrected chi connectivity index (χ2v) is 9.12. The number of tetrazole rings is 1. The van der Waals surface area contributed by atoms with Gasteiger partial charge < -0.3 is 14.5 Å². The van der Waals surface area contributed by atoms with Crippen LogP contribution in [0.15, 0.2) is 66.1 Å². The molecule has 2 aromatic heterocycles. The molecule has 0 bridgehead atoms. The summed E-state index contributed by atoms with van der Waals surface area (Å²) in [4.78, 5) is 21.2. The van der Waals surface area contributed by atoms with Crippen molar-refractivity contribution < 1.29 is 9.53 Å². The molecule has 178 valence electrons. The number of piperazine rings is 1. The van der Waals surface area contributed by atoms with Gasteiger partial charge in [-0.1, -0.05) is 41.5 Å². The van der Waals surface area contributed by atoms with E-state index >= 15 is 0 Å². The third-order valence-corrected chi connectivity index (χ3v) is 6.52. The minimum Gasteiger partial charge on any atom is -0.487 e. The van der Waals surface area contributed by atoms with Gasteiger partial charge in [-0.15, -0.1) is 11.3 Å². The normalized spacial score (nSPS) is 14.0. The fraction of sp³-hybridized carbons (Fsp3) is 0.240. The number of para-hydroxylation sites is 2. The molecule has 0 saturated carbocycles. The summed E-state index contributed by atoms with van der Waals surface area (Å²) >= 11 is 1.60. The molecule has 1 saturated heterocycles. The average Bonchev–Trinajstić information content (AvgIpc) is 3.56. The first-order valence-corrected chi connectivity index (χ1v) is 12.2. The topological polar surface area (TPSA) is 89.3 Å². The number of carbonyl (C=O) groups excluding carboxylic acids is 1. The molecule has 10 heteroatoms. The highest BCUT2D eigenvalue weighted by Crippen LogP contribution is 2.22. The van der Waals surface area contributed by atoms with E-state index in [0.29, 0.717) is 38.7 Å². The van der Waals surface area contributed by atoms with Gasteiger partial charge in [-0.3, -0.25) is 4.79 Å². The molecule has 1 fully saturated rings. The zero-order valence-electron chi connectivity index (χ0n) is 19.3. The Hall–Kier alpha value is -4.05. The number of ether oxygens (including phenoxy) is 1. The summed E-state index contributed by atoms with van der Waals surface area (Å²) in [6, 6.07) is 17.5. The number of nitrogens with zero attached hydrogens (tertiary/aromatic N) is 7. The van der Waals surface area contributed by atoms with Crippen LogP contribution in [-0.4, -0.2) is 62.2 Å². The summed E-state index contributed by atoms with van der Waals surface area (Å²) in [7, 11) is 0. The average molecular weight is 488 g/mol. The van der Waals surface area contributed by atoms with Gasteiger partial charge in [-0.05, 0) is 41.6 Å². The molecule has 3 heterocycles. The Kier molecular flexibility index (Phi) is 6.80. The van der Waals surface area contributed by atoms with Gasteiger partial charge in [0.05, 0.1) is 16.4 Å². The molecule has 1 amide bonds. The van der Waals surface area contributed by atoms with Crippen LogP contribution in [-0.2, 0) is 11.4 Å². The SMILES string of the molecule is Cc1nc(COc2ccccc2/C=C/C(=O)N2CCN(c3nnnn3-c3ccccc3)CC2)cs1. The number of aromatic nitrogens is 5. The predicted octanol–water partition coefficient (Wildman–Crippen LogP) is 3.37. The summed E-state index contributed by atoms with van der Waals surface area (Å²) in [5.41, 5.74) is 2.66. The minimum atomic E-state index is -0.0303. The molecule has 0 unspecified atom stereocenters. The Labute approximate surface area is 207 Å². The van der Waals surface area contributed by atoms with E-state index in [-0.39, 0.29) is 5.91 Å². The summed E-state index contributed by atoms with van der Waals surface area (Å²) < 4.78 is 7.68. The van der Waals surface area contributed by atoms with Crippen molar-refractivity contribution in [2.24, 2.45) is 0 Å². The summed E-state index contributed by atoms with van der Waals surface area (Å²) in [5.74, 6) is 1.37. The van der Waals surface area contributed by atoms with Crippen molar-refractivity contribution in [3.8, 4) is 11.4 Å². The van der Waals surface area contributed by atoms with Crippen molar-refractivity contribution >= 4 is 29.3 Å². The Morgan fingerprint density at radius 2 is 1.83 bits per heavy atom. The Morgan fingerprint density at radius 3 is 2.60 bits per heavy atom. The highest BCUT2D eigenvalue weighted by molar-refractivity contribution is 7.09. The molecule has 0 radical (unpaired) electrons. The lowest BCUT2D eigenvalue weighted by atomic mass is 10.2. The van der Waals surface area contributed by atoms with Gasteiger partial charge in [0.15, 0.2) is 0 Å². The van der Waals surface area contributed by atoms with Crippen LogP contribution in [0.25, 0.3) is 11.8 Å². The maximum Gasteiger partial charge on any atom is 0.250 e. The molecule has 0 atom stereocenters. The Balaban J connectivity index is 1.19. The molecule has 35 heavy (non-hydrogen) atoms. The maximum absolute atomic E-state index is 12.9. The number of hydrogen-bond acceptors (Lipinski definition) is 8. The van der Waals surface area contributed by atoms with E-state index in [1.165, 1.54) is 0 Å². The number of aryl methyl sites for hydroxylation is 1. The van der Waals surface area contributed by atoms with Crippen LogP contribution in [0.5, 0.6) is 5.75 Å². The fourth-order valence-corrected chi connectivity index (χ4v) is 4.48. The van der Waals surface area contributed by atoms with Crippen LogP contribution in [0.1, 0.15) is 16.3 Å². The molecule has 5 rings (SSSR count). The van der Waals surface area contributed by atoms with Gasteiger partial charge in [0.1, 0.15) is 12.4 Å². The van der Waals surface area contributed by atoms with Gasteiger partial charge in [0, 0.05) is 43.2 Å². The highest BCUT2D eigenvalue weighted by Gasteiger charge is 2.24. The standard InChI is InChI=1S/C25H25N7O2S/c1-19-26-21(18-35-19)17-34-23-10-6-5-7-20(23)11-12-24(33)30-13-15-31(16-14-30)25-27-28-29-32(25)22-8-3-2-4-9-22/h2-12,18H,13-17H2,1H3/b12-11+. The molecular formula is C25H25N7O2S. The number of rotatable bonds is 7. The number of thiazole rings is 1. The predicted molar refractivity (Wildman–Crippen MR) is 135 cm³/mol. The first-order valence-electron chi connectivity index (χ1n) is 11.4. The van der Waals surface area contributed by atoms with Crippen molar-refractivity contribution in [3.05, 3.63) is 82.3 Å². The smallest absolute Gasteiger partial charge is 0.250 e. The number of hydrogen-bond donors (Lipinski definition) is 0. The number of amides is 1. The molecular weight excluding hydrogens is 462 g/mol. The van der Waals surface area contributed by atoms with E-state index in [2.05, 4.69) is 25.4 Å². The van der Waals surface area contributed by atoms with E-state index in [1.54, 1.807) is 22.1 Å². The number of benzene rings is 2. The van der Waals surface area contributed by atoms with Gasteiger partial charge in [-0.2, -0.15) is 4.68 Å². The van der Waals surface area contributed by atoms with Crippen LogP contribution in [0.4, 0.5) is 5.95 Å². The van der Waals surface area contributed by atoms with E-state index in [4.69, 9.17) is 4.74 Å². The van der Waals surface area contributed by atoms with Crippen molar-refractivity contribution in [2.45, 2.75) is 13.5 Å². The summed E-state index contributed by atoms with van der Waals surface area (Å²) in [6.45, 7) is 4.85. The van der Waals surface area contributed by atoms with Gasteiger partial charge in [-0.25, -0.2) is 4.98 Å². The molecule has 1 aliphatic rings. The molecule has 0 spiro atoms. The molecule has 4 aromatic rings. The highest BCUT2D eigenvalue weighted by atomic mass is 32.1. The first-order chi connectivity index (χ1) is 17.2. The summed E-state index contributed by atoms with van der Waals surface area (Å²) in [5, 5.41) is 15.2. The second kappa shape index (κ2) is 10.5. The maximum atomic E-state index is 12.9. The molecule has 9 nitrogen and oxygen atoms in total. The third kappa shape index (κ3) is 5.38. The van der Waals surface area contributed by atoms with Crippen LogP contribution in [0.3, 0.4) is 0 Å². The van der Waals surface area contributed by atoms with E-state index in [0.717, 1.165) is 27.7 Å². The fourth-order valence-electron chi connectivity index (χ4n) is 3.89. The van der Waals surface area contributed by atoms with E-state index in [9.17, 15) is 4.79 Å². The van der Waals surface area contributed by atoms with Crippen LogP contribution in [0.2, 0.25) is 0 Å². The minimum absolute atomic E-state index is 0.0303. The van der Waals surface area contributed by atoms with Gasteiger partial charge in [0.25, 0.3) is 0 Å². The lowest BCUT2D eigenvalue weighted by Crippen LogP contribution is -2.49. The van der Waals surface area contributed by atoms with Crippen molar-refractivity contribution in [3.63, 3.8) is 0 Å². The molecule has 0 aliphatic carbocycles. The zero-order valence-corrected chi connectivity index (χ0v) is 20.1. The van der Waals surface area contributed by atoms with Crippen molar-refractivity contribution in [1.29, 1.82) is 0 Å². The molecule has 2 aromatic carbocycles. The Morgan fingerprint density at radius 1 is 1.06 bits per heavy atom. The van der Waals surface area contributed by atoms with Crippen LogP contribution >= 0.6 is 11.3 Å². The van der Waals surface area contributed by atoms with E-state index < -0.39 is 0 Å². The van der Waals surface area contributed by atoms with E-state index in [1.807, 2.05) is 77.9 Å². The lowest BCUT2D eigenvalue weighted by molar-refractivity contribution is -0.126.